The van der Waals surface area contributed by atoms with Gasteiger partial charge in [-0.2, -0.15) is 5.21 Å². The molecule has 0 spiro atoms. The molecule has 154 valence electrons. The summed E-state index contributed by atoms with van der Waals surface area (Å²) in [7, 11) is 3.19. The average molecular weight is 406 g/mol. The molecule has 1 amide bonds. The number of hydrogen-bond acceptors (Lipinski definition) is 6. The summed E-state index contributed by atoms with van der Waals surface area (Å²) >= 11 is 0. The lowest BCUT2D eigenvalue weighted by Crippen LogP contribution is -2.19. The van der Waals surface area contributed by atoms with Crippen LogP contribution in [-0.4, -0.2) is 45.3 Å². The number of aromatic amines is 1. The Bertz CT molecular complexity index is 1170. The smallest absolute Gasteiger partial charge is 0.275 e. The highest BCUT2D eigenvalue weighted by Crippen LogP contribution is 2.41. The van der Waals surface area contributed by atoms with Gasteiger partial charge < -0.3 is 14.0 Å². The molecule has 30 heavy (non-hydrogen) atoms. The quantitative estimate of drug-likeness (QED) is 0.486. The average Bonchev–Trinajstić information content (AvgIpc) is 3.39. The molecule has 0 radical (unpaired) electrons. The summed E-state index contributed by atoms with van der Waals surface area (Å²) in [5.74, 6) is 0.992. The molecule has 2 aromatic carbocycles. The highest BCUT2D eigenvalue weighted by Gasteiger charge is 2.26. The molecule has 2 N–H and O–H groups in total. The largest absolute Gasteiger partial charge is 0.493 e. The number of rotatable bonds is 7. The monoisotopic (exact) mass is 406 g/mol. The van der Waals surface area contributed by atoms with Crippen LogP contribution in [0.2, 0.25) is 0 Å². The number of methoxy groups -OCH3 is 2. The van der Waals surface area contributed by atoms with Gasteiger partial charge in [0.05, 0.1) is 19.7 Å². The number of carbonyl (C=O) groups is 1. The minimum atomic E-state index is -0.321. The van der Waals surface area contributed by atoms with E-state index in [1.54, 1.807) is 14.2 Å². The van der Waals surface area contributed by atoms with Crippen molar-refractivity contribution in [3.05, 3.63) is 48.2 Å². The van der Waals surface area contributed by atoms with Gasteiger partial charge >= 0.3 is 0 Å². The summed E-state index contributed by atoms with van der Waals surface area (Å²) < 4.78 is 13.0. The predicted molar refractivity (Wildman–Crippen MR) is 113 cm³/mol. The summed E-state index contributed by atoms with van der Waals surface area (Å²) in [6.07, 6.45) is 0.842. The van der Waals surface area contributed by atoms with E-state index in [1.807, 2.05) is 47.0 Å². The molecule has 0 unspecified atom stereocenters. The second-order valence-corrected chi connectivity index (χ2v) is 6.66. The number of benzene rings is 2. The van der Waals surface area contributed by atoms with Crippen molar-refractivity contribution in [3.63, 3.8) is 0 Å². The number of H-pyrrole nitrogens is 1. The van der Waals surface area contributed by atoms with Crippen LogP contribution in [0.25, 0.3) is 22.0 Å². The first kappa shape index (κ1) is 19.4. The maximum Gasteiger partial charge on any atom is 0.275 e. The fraction of sp³-hybridized carbons (Fsp3) is 0.238. The van der Waals surface area contributed by atoms with Crippen molar-refractivity contribution < 1.29 is 14.3 Å². The number of anilines is 1. The number of nitrogens with zero attached hydrogens (tertiary/aromatic N) is 4. The molecule has 9 nitrogen and oxygen atoms in total. The Morgan fingerprint density at radius 1 is 1.13 bits per heavy atom. The predicted octanol–water partition coefficient (Wildman–Crippen LogP) is 3.50. The van der Waals surface area contributed by atoms with Gasteiger partial charge in [-0.15, -0.1) is 5.10 Å². The number of tetrazole rings is 1. The van der Waals surface area contributed by atoms with Gasteiger partial charge in [-0.05, 0) is 23.3 Å². The molecule has 9 heteroatoms. The lowest BCUT2D eigenvalue weighted by atomic mass is 10.0. The number of aryl methyl sites for hydroxylation is 1. The van der Waals surface area contributed by atoms with Gasteiger partial charge in [0.2, 0.25) is 0 Å². The standard InChI is InChI=1S/C21H22N6O3/c1-4-10-27-15-12-17(30-3)16(29-2)11-14(15)18(13-8-6-5-7-9-13)19(27)20(28)22-21-23-25-26-24-21/h5-9,11-12H,4,10H2,1-3H3,(H2,22,23,24,25,26,28). The zero-order chi connectivity index (χ0) is 21.1. The Labute approximate surface area is 173 Å². The van der Waals surface area contributed by atoms with Gasteiger partial charge in [0, 0.05) is 23.6 Å². The molecule has 0 saturated heterocycles. The van der Waals surface area contributed by atoms with Crippen molar-refractivity contribution in [1.29, 1.82) is 0 Å². The first-order valence-corrected chi connectivity index (χ1v) is 9.56. The molecule has 0 atom stereocenters. The SMILES string of the molecule is CCCn1c(C(=O)Nc2nn[nH]n2)c(-c2ccccc2)c2cc(OC)c(OC)cc21. The molecule has 0 aliphatic heterocycles. The molecule has 0 aliphatic rings. The number of fused-ring (bicyclic) bond motifs is 1. The second kappa shape index (κ2) is 8.24. The maximum absolute atomic E-state index is 13.4. The van der Waals surface area contributed by atoms with E-state index in [4.69, 9.17) is 9.47 Å². The van der Waals surface area contributed by atoms with E-state index >= 15 is 0 Å². The molecule has 0 saturated carbocycles. The van der Waals surface area contributed by atoms with Gasteiger partial charge in [-0.25, -0.2) is 0 Å². The fourth-order valence-corrected chi connectivity index (χ4v) is 3.64. The van der Waals surface area contributed by atoms with E-state index < -0.39 is 0 Å². The third kappa shape index (κ3) is 3.34. The third-order valence-corrected chi connectivity index (χ3v) is 4.86. The Morgan fingerprint density at radius 3 is 2.50 bits per heavy atom. The first-order valence-electron chi connectivity index (χ1n) is 9.56. The van der Waals surface area contributed by atoms with Crippen molar-refractivity contribution in [2.75, 3.05) is 19.5 Å². The molecule has 0 bridgehead atoms. The molecular weight excluding hydrogens is 384 g/mol. The van der Waals surface area contributed by atoms with Crippen molar-refractivity contribution in [1.82, 2.24) is 25.2 Å². The van der Waals surface area contributed by atoms with Crippen LogP contribution in [0.4, 0.5) is 5.95 Å². The molecule has 0 fully saturated rings. The van der Waals surface area contributed by atoms with Crippen LogP contribution in [0.15, 0.2) is 42.5 Å². The van der Waals surface area contributed by atoms with Crippen LogP contribution in [-0.2, 0) is 6.54 Å². The zero-order valence-corrected chi connectivity index (χ0v) is 17.0. The number of hydrogen-bond donors (Lipinski definition) is 2. The van der Waals surface area contributed by atoms with E-state index in [-0.39, 0.29) is 11.9 Å². The van der Waals surface area contributed by atoms with E-state index in [9.17, 15) is 4.79 Å². The number of carbonyl (C=O) groups excluding carboxylic acids is 1. The summed E-state index contributed by atoms with van der Waals surface area (Å²) in [5, 5.41) is 17.2. The van der Waals surface area contributed by atoms with Gasteiger partial charge in [0.15, 0.2) is 11.5 Å². The number of nitrogens with one attached hydrogen (secondary N) is 2. The Hall–Kier alpha value is -3.88. The maximum atomic E-state index is 13.4. The lowest BCUT2D eigenvalue weighted by Gasteiger charge is -2.11. The Kier molecular flexibility index (Phi) is 5.34. The van der Waals surface area contributed by atoms with E-state index in [1.165, 1.54) is 0 Å². The fourth-order valence-electron chi connectivity index (χ4n) is 3.64. The highest BCUT2D eigenvalue weighted by atomic mass is 16.5. The molecule has 2 heterocycles. The summed E-state index contributed by atoms with van der Waals surface area (Å²) in [6, 6.07) is 13.6. The molecule has 4 aromatic rings. The number of amides is 1. The van der Waals surface area contributed by atoms with Gasteiger partial charge in [0.1, 0.15) is 5.69 Å². The van der Waals surface area contributed by atoms with Crippen molar-refractivity contribution in [2.24, 2.45) is 0 Å². The van der Waals surface area contributed by atoms with Gasteiger partial charge in [0.25, 0.3) is 11.9 Å². The Morgan fingerprint density at radius 2 is 1.87 bits per heavy atom. The van der Waals surface area contributed by atoms with E-state index in [2.05, 4.69) is 32.9 Å². The highest BCUT2D eigenvalue weighted by molar-refractivity contribution is 6.14. The van der Waals surface area contributed by atoms with E-state index in [0.717, 1.165) is 28.5 Å². The van der Waals surface area contributed by atoms with Crippen LogP contribution in [0.3, 0.4) is 0 Å². The topological polar surface area (TPSA) is 107 Å². The summed E-state index contributed by atoms with van der Waals surface area (Å²) in [5.41, 5.74) is 3.12. The van der Waals surface area contributed by atoms with Crippen molar-refractivity contribution in [2.45, 2.75) is 19.9 Å². The number of aromatic nitrogens is 5. The van der Waals surface area contributed by atoms with Crippen LogP contribution >= 0.6 is 0 Å². The molecular formula is C21H22N6O3. The van der Waals surface area contributed by atoms with Crippen LogP contribution in [0, 0.1) is 0 Å². The Balaban J connectivity index is 2.03. The lowest BCUT2D eigenvalue weighted by molar-refractivity contribution is 0.101. The van der Waals surface area contributed by atoms with Crippen molar-refractivity contribution in [3.8, 4) is 22.6 Å². The second-order valence-electron chi connectivity index (χ2n) is 6.66. The van der Waals surface area contributed by atoms with Crippen molar-refractivity contribution >= 4 is 22.8 Å². The summed E-state index contributed by atoms with van der Waals surface area (Å²) in [4.78, 5) is 13.4. The van der Waals surface area contributed by atoms with Gasteiger partial charge in [-0.1, -0.05) is 42.4 Å². The minimum Gasteiger partial charge on any atom is -0.493 e. The first-order chi connectivity index (χ1) is 14.7. The molecule has 0 aliphatic carbocycles. The van der Waals surface area contributed by atoms with Gasteiger partial charge in [-0.3, -0.25) is 10.1 Å². The normalized spacial score (nSPS) is 10.9. The number of ether oxygens (including phenoxy) is 2. The van der Waals surface area contributed by atoms with E-state index in [0.29, 0.717) is 23.7 Å². The minimum absolute atomic E-state index is 0.113. The molecule has 4 rings (SSSR count). The van der Waals surface area contributed by atoms with Crippen LogP contribution in [0.1, 0.15) is 23.8 Å². The zero-order valence-electron chi connectivity index (χ0n) is 17.0. The molecule has 2 aromatic heterocycles. The third-order valence-electron chi connectivity index (χ3n) is 4.86. The summed E-state index contributed by atoms with van der Waals surface area (Å²) in [6.45, 7) is 2.71. The van der Waals surface area contributed by atoms with Crippen LogP contribution in [0.5, 0.6) is 11.5 Å². The van der Waals surface area contributed by atoms with Crippen LogP contribution < -0.4 is 14.8 Å².